The van der Waals surface area contributed by atoms with Gasteiger partial charge in [-0.05, 0) is 24.8 Å². The topological polar surface area (TPSA) is 75.7 Å². The van der Waals surface area contributed by atoms with Gasteiger partial charge in [0, 0.05) is 5.56 Å². The van der Waals surface area contributed by atoms with Crippen molar-refractivity contribution in [2.45, 2.75) is 38.8 Å². The third kappa shape index (κ3) is 3.62. The van der Waals surface area contributed by atoms with Gasteiger partial charge in [0.05, 0.1) is 19.3 Å². The maximum absolute atomic E-state index is 10.0. The molecule has 0 saturated heterocycles. The van der Waals surface area contributed by atoms with Gasteiger partial charge in [-0.2, -0.15) is 0 Å². The van der Waals surface area contributed by atoms with Crippen molar-refractivity contribution in [1.82, 2.24) is 0 Å². The van der Waals surface area contributed by atoms with Gasteiger partial charge in [0.2, 0.25) is 0 Å². The number of para-hydroxylation sites is 1. The Morgan fingerprint density at radius 2 is 1.94 bits per heavy atom. The Hall–Kier alpha value is -1.26. The lowest BCUT2D eigenvalue weighted by atomic mass is 9.95. The lowest BCUT2D eigenvalue weighted by Gasteiger charge is -2.21. The van der Waals surface area contributed by atoms with Crippen molar-refractivity contribution >= 4 is 0 Å². The number of ether oxygens (including phenoxy) is 1. The quantitative estimate of drug-likeness (QED) is 0.726. The molecule has 0 heterocycles. The number of hydrogen-bond donors (Lipinski definition) is 3. The molecule has 0 aliphatic heterocycles. The Morgan fingerprint density at radius 1 is 1.28 bits per heavy atom. The van der Waals surface area contributed by atoms with Crippen LogP contribution in [-0.2, 0) is 0 Å². The number of aromatic hydroxyl groups is 1. The molecule has 1 aromatic carbocycles. The van der Waals surface area contributed by atoms with Crippen molar-refractivity contribution in [3.8, 4) is 11.5 Å². The van der Waals surface area contributed by atoms with E-state index in [0.717, 1.165) is 6.42 Å². The fourth-order valence-corrected chi connectivity index (χ4v) is 1.86. The summed E-state index contributed by atoms with van der Waals surface area (Å²) in [5, 5.41) is 20.0. The summed E-state index contributed by atoms with van der Waals surface area (Å²) in [4.78, 5) is 0. The molecule has 0 aliphatic carbocycles. The molecule has 0 amide bonds. The first-order valence-corrected chi connectivity index (χ1v) is 6.26. The molecule has 1 rings (SSSR count). The maximum Gasteiger partial charge on any atom is 0.162 e. The van der Waals surface area contributed by atoms with E-state index in [1.165, 1.54) is 7.11 Å². The first-order chi connectivity index (χ1) is 8.47. The average Bonchev–Trinajstić information content (AvgIpc) is 2.35. The number of phenols is 1. The highest BCUT2D eigenvalue weighted by Gasteiger charge is 2.21. The number of phenolic OH excluding ortho intramolecular Hbond substituents is 1. The standard InChI is InChI=1S/C14H23NO3/c1-9(2)7-8-11(16)13(15)10-5-4-6-12(18-3)14(10)17/h4-6,9,11,13,16-17H,7-8,15H2,1-3H3/t11-,13+/m1/s1. The van der Waals surface area contributed by atoms with Crippen LogP contribution in [0.3, 0.4) is 0 Å². The fourth-order valence-electron chi connectivity index (χ4n) is 1.86. The number of aliphatic hydroxyl groups is 1. The van der Waals surface area contributed by atoms with Crippen LogP contribution in [-0.4, -0.2) is 23.4 Å². The van der Waals surface area contributed by atoms with Crippen LogP contribution in [0.4, 0.5) is 0 Å². The number of hydrogen-bond acceptors (Lipinski definition) is 4. The van der Waals surface area contributed by atoms with Gasteiger partial charge >= 0.3 is 0 Å². The maximum atomic E-state index is 10.0. The van der Waals surface area contributed by atoms with Crippen molar-refractivity contribution in [2.75, 3.05) is 7.11 Å². The number of benzene rings is 1. The molecule has 102 valence electrons. The highest BCUT2D eigenvalue weighted by Crippen LogP contribution is 2.34. The molecule has 0 bridgehead atoms. The highest BCUT2D eigenvalue weighted by molar-refractivity contribution is 5.47. The summed E-state index contributed by atoms with van der Waals surface area (Å²) in [5.74, 6) is 0.904. The van der Waals surface area contributed by atoms with Crippen molar-refractivity contribution in [3.63, 3.8) is 0 Å². The Balaban J connectivity index is 2.80. The average molecular weight is 253 g/mol. The van der Waals surface area contributed by atoms with Crippen LogP contribution >= 0.6 is 0 Å². The zero-order chi connectivity index (χ0) is 13.7. The molecule has 0 fully saturated rings. The largest absolute Gasteiger partial charge is 0.504 e. The predicted molar refractivity (Wildman–Crippen MR) is 71.7 cm³/mol. The molecule has 0 aromatic heterocycles. The van der Waals surface area contributed by atoms with E-state index in [0.29, 0.717) is 23.7 Å². The molecule has 0 unspecified atom stereocenters. The molecule has 0 radical (unpaired) electrons. The van der Waals surface area contributed by atoms with E-state index in [4.69, 9.17) is 10.5 Å². The Bertz CT molecular complexity index is 379. The van der Waals surface area contributed by atoms with Gasteiger partial charge in [-0.1, -0.05) is 26.0 Å². The van der Waals surface area contributed by atoms with Gasteiger partial charge in [0.1, 0.15) is 0 Å². The van der Waals surface area contributed by atoms with Gasteiger partial charge in [0.25, 0.3) is 0 Å². The van der Waals surface area contributed by atoms with Crippen LogP contribution in [0.25, 0.3) is 0 Å². The minimum atomic E-state index is -0.662. The van der Waals surface area contributed by atoms with E-state index in [-0.39, 0.29) is 5.75 Å². The van der Waals surface area contributed by atoms with Crippen LogP contribution < -0.4 is 10.5 Å². The van der Waals surface area contributed by atoms with Crippen molar-refractivity contribution < 1.29 is 14.9 Å². The molecule has 0 aliphatic rings. The molecule has 18 heavy (non-hydrogen) atoms. The first kappa shape index (κ1) is 14.8. The fraction of sp³-hybridized carbons (Fsp3) is 0.571. The first-order valence-electron chi connectivity index (χ1n) is 6.26. The molecule has 4 nitrogen and oxygen atoms in total. The molecule has 4 N–H and O–H groups in total. The summed E-state index contributed by atoms with van der Waals surface area (Å²) < 4.78 is 5.03. The van der Waals surface area contributed by atoms with Gasteiger partial charge in [-0.3, -0.25) is 0 Å². The lowest BCUT2D eigenvalue weighted by molar-refractivity contribution is 0.127. The Labute approximate surface area is 108 Å². The van der Waals surface area contributed by atoms with Crippen LogP contribution in [0.2, 0.25) is 0 Å². The molecular weight excluding hydrogens is 230 g/mol. The number of rotatable bonds is 6. The number of methoxy groups -OCH3 is 1. The van der Waals surface area contributed by atoms with Crippen LogP contribution in [0, 0.1) is 5.92 Å². The van der Waals surface area contributed by atoms with Gasteiger partial charge in [-0.25, -0.2) is 0 Å². The lowest BCUT2D eigenvalue weighted by Crippen LogP contribution is -2.26. The zero-order valence-corrected chi connectivity index (χ0v) is 11.3. The second-order valence-corrected chi connectivity index (χ2v) is 4.96. The minimum absolute atomic E-state index is 0.0103. The number of nitrogens with two attached hydrogens (primary N) is 1. The third-order valence-corrected chi connectivity index (χ3v) is 3.06. The minimum Gasteiger partial charge on any atom is -0.504 e. The molecule has 0 spiro atoms. The van der Waals surface area contributed by atoms with Crippen molar-refractivity contribution in [1.29, 1.82) is 0 Å². The van der Waals surface area contributed by atoms with Gasteiger partial charge in [-0.15, -0.1) is 0 Å². The zero-order valence-electron chi connectivity index (χ0n) is 11.3. The van der Waals surface area contributed by atoms with Crippen molar-refractivity contribution in [3.05, 3.63) is 23.8 Å². The molecule has 0 saturated carbocycles. The van der Waals surface area contributed by atoms with E-state index >= 15 is 0 Å². The highest BCUT2D eigenvalue weighted by atomic mass is 16.5. The molecule has 2 atom stereocenters. The molecular formula is C14H23NO3. The number of aliphatic hydroxyl groups excluding tert-OH is 1. The van der Waals surface area contributed by atoms with Crippen molar-refractivity contribution in [2.24, 2.45) is 11.7 Å². The second-order valence-electron chi connectivity index (χ2n) is 4.96. The van der Waals surface area contributed by atoms with E-state index in [9.17, 15) is 10.2 Å². The van der Waals surface area contributed by atoms with Crippen LogP contribution in [0.1, 0.15) is 38.3 Å². The van der Waals surface area contributed by atoms with E-state index in [1.807, 2.05) is 0 Å². The predicted octanol–water partition coefficient (Wildman–Crippen LogP) is 2.20. The van der Waals surface area contributed by atoms with E-state index in [1.54, 1.807) is 18.2 Å². The Morgan fingerprint density at radius 3 is 2.50 bits per heavy atom. The molecule has 4 heteroatoms. The second kappa shape index (κ2) is 6.61. The summed E-state index contributed by atoms with van der Waals surface area (Å²) in [7, 11) is 1.49. The summed E-state index contributed by atoms with van der Waals surface area (Å²) in [5.41, 5.74) is 6.50. The summed E-state index contributed by atoms with van der Waals surface area (Å²) >= 11 is 0. The summed E-state index contributed by atoms with van der Waals surface area (Å²) in [6, 6.07) is 4.52. The molecule has 1 aromatic rings. The van der Waals surface area contributed by atoms with E-state index in [2.05, 4.69) is 13.8 Å². The van der Waals surface area contributed by atoms with Gasteiger partial charge in [0.15, 0.2) is 11.5 Å². The van der Waals surface area contributed by atoms with Crippen LogP contribution in [0.5, 0.6) is 11.5 Å². The van der Waals surface area contributed by atoms with Crippen LogP contribution in [0.15, 0.2) is 18.2 Å². The normalized spacial score (nSPS) is 14.6. The monoisotopic (exact) mass is 253 g/mol. The third-order valence-electron chi connectivity index (χ3n) is 3.06. The van der Waals surface area contributed by atoms with Gasteiger partial charge < -0.3 is 20.7 Å². The van der Waals surface area contributed by atoms with E-state index < -0.39 is 12.1 Å². The SMILES string of the molecule is COc1cccc([C@H](N)[C@H](O)CCC(C)C)c1O. The summed E-state index contributed by atoms with van der Waals surface area (Å²) in [6.45, 7) is 4.20. The Kier molecular flexibility index (Phi) is 5.44. The summed E-state index contributed by atoms with van der Waals surface area (Å²) in [6.07, 6.45) is 0.861. The smallest absolute Gasteiger partial charge is 0.162 e.